The third-order valence-electron chi connectivity index (χ3n) is 5.66. The minimum Gasteiger partial charge on any atom is -0.463 e. The van der Waals surface area contributed by atoms with E-state index in [1.165, 1.54) is 6.07 Å². The quantitative estimate of drug-likeness (QED) is 0.409. The topological polar surface area (TPSA) is 101 Å². The molecular formula is C26H20Cl4N2O5S. The number of benzene rings is 2. The number of nitrogens with two attached hydrogens (primary N) is 1. The fourth-order valence-electron chi connectivity index (χ4n) is 4.07. The van der Waals surface area contributed by atoms with Gasteiger partial charge in [-0.25, -0.2) is 9.59 Å². The molecule has 0 spiro atoms. The molecule has 0 bridgehead atoms. The largest absolute Gasteiger partial charge is 0.463 e. The summed E-state index contributed by atoms with van der Waals surface area (Å²) < 4.78 is 12.1. The molecule has 7 nitrogen and oxygen atoms in total. The maximum Gasteiger partial charge on any atom is 0.338 e. The Kier molecular flexibility index (Phi) is 8.59. The highest BCUT2D eigenvalue weighted by Gasteiger charge is 2.40. The van der Waals surface area contributed by atoms with E-state index in [-0.39, 0.29) is 44.4 Å². The third-order valence-corrected chi connectivity index (χ3v) is 7.89. The van der Waals surface area contributed by atoms with Crippen LogP contribution < -0.4 is 20.5 Å². The number of thiazole rings is 1. The Morgan fingerprint density at radius 3 is 2.11 bits per heavy atom. The summed E-state index contributed by atoms with van der Waals surface area (Å²) in [4.78, 5) is 40.3. The number of halogens is 4. The summed E-state index contributed by atoms with van der Waals surface area (Å²) in [7, 11) is 0. The molecule has 1 aromatic heterocycles. The van der Waals surface area contributed by atoms with Crippen molar-refractivity contribution in [1.29, 1.82) is 0 Å². The summed E-state index contributed by atoms with van der Waals surface area (Å²) >= 11 is 26.0. The van der Waals surface area contributed by atoms with Crippen molar-refractivity contribution >= 4 is 87.1 Å². The van der Waals surface area contributed by atoms with E-state index in [4.69, 9.17) is 61.6 Å². The Hall–Kier alpha value is -2.75. The predicted molar refractivity (Wildman–Crippen MR) is 151 cm³/mol. The van der Waals surface area contributed by atoms with E-state index in [1.54, 1.807) is 50.3 Å². The second-order valence-electron chi connectivity index (χ2n) is 7.97. The zero-order valence-electron chi connectivity index (χ0n) is 20.0. The molecule has 12 heteroatoms. The highest BCUT2D eigenvalue weighted by Crippen LogP contribution is 2.41. The minimum atomic E-state index is -1.09. The number of aromatic nitrogens is 1. The number of carbonyl (C=O) groups is 2. The van der Waals surface area contributed by atoms with Gasteiger partial charge in [-0.3, -0.25) is 9.36 Å². The van der Waals surface area contributed by atoms with Crippen molar-refractivity contribution in [2.75, 3.05) is 13.2 Å². The lowest BCUT2D eigenvalue weighted by atomic mass is 9.83. The molecule has 1 atom stereocenters. The molecule has 0 amide bonds. The first kappa shape index (κ1) is 28.3. The SMILES string of the molecule is CCOC(=O)C1=C(N)n2c(s/c(=C/c3ccc(Cl)cc3Cl)c2=O)=C(C(=O)OCC)C1c1ccc(Cl)cc1Cl. The first-order valence-electron chi connectivity index (χ1n) is 11.3. The van der Waals surface area contributed by atoms with Gasteiger partial charge in [0.15, 0.2) is 0 Å². The van der Waals surface area contributed by atoms with Crippen molar-refractivity contribution in [3.8, 4) is 0 Å². The summed E-state index contributed by atoms with van der Waals surface area (Å²) in [5.41, 5.74) is 6.70. The predicted octanol–water partition coefficient (Wildman–Crippen LogP) is 4.55. The van der Waals surface area contributed by atoms with E-state index in [1.807, 2.05) is 0 Å². The van der Waals surface area contributed by atoms with Crippen molar-refractivity contribution in [3.63, 3.8) is 0 Å². The van der Waals surface area contributed by atoms with Gasteiger partial charge in [0.2, 0.25) is 0 Å². The summed E-state index contributed by atoms with van der Waals surface area (Å²) in [6, 6.07) is 9.47. The minimum absolute atomic E-state index is 0.0114. The molecule has 0 radical (unpaired) electrons. The molecular weight excluding hydrogens is 594 g/mol. The van der Waals surface area contributed by atoms with Crippen LogP contribution in [0.15, 0.2) is 46.8 Å². The van der Waals surface area contributed by atoms with Gasteiger partial charge in [-0.1, -0.05) is 58.5 Å². The van der Waals surface area contributed by atoms with Gasteiger partial charge in [0.1, 0.15) is 10.5 Å². The van der Waals surface area contributed by atoms with Crippen molar-refractivity contribution < 1.29 is 19.1 Å². The van der Waals surface area contributed by atoms with E-state index < -0.39 is 23.4 Å². The van der Waals surface area contributed by atoms with Crippen LogP contribution in [-0.4, -0.2) is 29.7 Å². The molecule has 198 valence electrons. The molecule has 4 rings (SSSR count). The Labute approximate surface area is 241 Å². The van der Waals surface area contributed by atoms with Gasteiger partial charge < -0.3 is 15.2 Å². The summed E-state index contributed by atoms with van der Waals surface area (Å²) in [5.74, 6) is -2.84. The average Bonchev–Trinajstić information content (AvgIpc) is 3.17. The first-order valence-corrected chi connectivity index (χ1v) is 13.6. The number of esters is 2. The molecule has 2 heterocycles. The highest BCUT2D eigenvalue weighted by atomic mass is 35.5. The first-order chi connectivity index (χ1) is 18.1. The van der Waals surface area contributed by atoms with Gasteiger partial charge in [-0.15, -0.1) is 11.3 Å². The van der Waals surface area contributed by atoms with E-state index in [0.717, 1.165) is 15.9 Å². The number of ether oxygens (including phenoxy) is 2. The lowest BCUT2D eigenvalue weighted by Crippen LogP contribution is -2.42. The summed E-state index contributed by atoms with van der Waals surface area (Å²) in [5, 5.41) is 1.29. The third kappa shape index (κ3) is 5.24. The molecule has 2 N–H and O–H groups in total. The van der Waals surface area contributed by atoms with Crippen LogP contribution in [0, 0.1) is 0 Å². The van der Waals surface area contributed by atoms with Crippen LogP contribution in [-0.2, 0) is 19.1 Å². The van der Waals surface area contributed by atoms with Gasteiger partial charge >= 0.3 is 11.9 Å². The number of fused-ring (bicyclic) bond motifs is 1. The van der Waals surface area contributed by atoms with Crippen molar-refractivity contribution in [3.05, 3.63) is 92.7 Å². The molecule has 0 saturated carbocycles. The highest BCUT2D eigenvalue weighted by molar-refractivity contribution is 7.07. The smallest absolute Gasteiger partial charge is 0.338 e. The van der Waals surface area contributed by atoms with Crippen LogP contribution in [0.5, 0.6) is 0 Å². The average molecular weight is 614 g/mol. The molecule has 2 aromatic carbocycles. The second-order valence-corrected chi connectivity index (χ2v) is 10.7. The molecule has 38 heavy (non-hydrogen) atoms. The molecule has 1 unspecified atom stereocenters. The number of nitrogens with zero attached hydrogens (tertiary/aromatic N) is 1. The molecule has 0 aliphatic carbocycles. The summed E-state index contributed by atoms with van der Waals surface area (Å²) in [6.07, 6.45) is 1.56. The van der Waals surface area contributed by atoms with E-state index >= 15 is 0 Å². The monoisotopic (exact) mass is 612 g/mol. The Morgan fingerprint density at radius 2 is 1.53 bits per heavy atom. The molecule has 0 fully saturated rings. The number of hydrogen-bond donors (Lipinski definition) is 1. The van der Waals surface area contributed by atoms with Crippen molar-refractivity contribution in [1.82, 2.24) is 4.57 Å². The fourth-order valence-corrected chi connectivity index (χ4v) is 6.21. The lowest BCUT2D eigenvalue weighted by Gasteiger charge is -2.27. The van der Waals surface area contributed by atoms with Gasteiger partial charge in [0.25, 0.3) is 5.56 Å². The Balaban J connectivity index is 2.15. The van der Waals surface area contributed by atoms with Crippen LogP contribution in [0.25, 0.3) is 17.5 Å². The van der Waals surface area contributed by atoms with Crippen LogP contribution >= 0.6 is 57.7 Å². The van der Waals surface area contributed by atoms with Crippen molar-refractivity contribution in [2.45, 2.75) is 19.8 Å². The van der Waals surface area contributed by atoms with Gasteiger partial charge in [-0.2, -0.15) is 0 Å². The normalized spacial score (nSPS) is 15.5. The Bertz CT molecular complexity index is 1680. The van der Waals surface area contributed by atoms with Crippen LogP contribution in [0.3, 0.4) is 0 Å². The maximum absolute atomic E-state index is 13.6. The number of rotatable bonds is 6. The van der Waals surface area contributed by atoms with Crippen molar-refractivity contribution in [2.24, 2.45) is 5.73 Å². The molecule has 1 aliphatic rings. The Morgan fingerprint density at radius 1 is 0.947 bits per heavy atom. The van der Waals surface area contributed by atoms with Crippen LogP contribution in [0.4, 0.5) is 0 Å². The van der Waals surface area contributed by atoms with Gasteiger partial charge in [0.05, 0.1) is 34.8 Å². The zero-order valence-corrected chi connectivity index (χ0v) is 23.9. The standard InChI is InChI=1S/C26H20Cl4N2O5S/c1-3-36-25(34)20-19(15-8-7-14(28)11-17(15)30)21(26(35)37-4-2)24-32(22(20)31)23(33)18(38-24)9-12-5-6-13(27)10-16(12)29/h5-11,19H,3-4,31H2,1-2H3/b18-9+. The molecule has 0 saturated heterocycles. The van der Waals surface area contributed by atoms with Gasteiger partial charge in [-0.05, 0) is 55.3 Å². The second kappa shape index (κ2) is 11.6. The maximum atomic E-state index is 13.6. The molecule has 1 aliphatic heterocycles. The van der Waals surface area contributed by atoms with Crippen LogP contribution in [0.2, 0.25) is 20.1 Å². The zero-order chi connectivity index (χ0) is 27.7. The molecule has 3 aromatic rings. The number of hydrogen-bond acceptors (Lipinski definition) is 7. The lowest BCUT2D eigenvalue weighted by molar-refractivity contribution is -0.138. The van der Waals surface area contributed by atoms with E-state index in [0.29, 0.717) is 26.2 Å². The van der Waals surface area contributed by atoms with Crippen LogP contribution in [0.1, 0.15) is 30.9 Å². The number of carbonyl (C=O) groups excluding carboxylic acids is 2. The fraction of sp³-hybridized carbons (Fsp3) is 0.192. The van der Waals surface area contributed by atoms with E-state index in [9.17, 15) is 14.4 Å². The van der Waals surface area contributed by atoms with Gasteiger partial charge in [0, 0.05) is 20.1 Å². The van der Waals surface area contributed by atoms with E-state index in [2.05, 4.69) is 0 Å². The summed E-state index contributed by atoms with van der Waals surface area (Å²) in [6.45, 7) is 3.35.